The third-order valence-corrected chi connectivity index (χ3v) is 8.45. The summed E-state index contributed by atoms with van der Waals surface area (Å²) >= 11 is 0. The van der Waals surface area contributed by atoms with Crippen molar-refractivity contribution in [2.75, 3.05) is 32.6 Å². The van der Waals surface area contributed by atoms with Crippen LogP contribution in [0, 0.1) is 12.8 Å². The molecule has 0 bridgehead atoms. The molecular weight excluding hydrogens is 514 g/mol. The maximum absolute atomic E-state index is 12.4. The molecule has 0 spiro atoms. The highest BCUT2D eigenvalue weighted by Crippen LogP contribution is 2.40. The van der Waals surface area contributed by atoms with Crippen molar-refractivity contribution in [2.24, 2.45) is 5.92 Å². The fraction of sp³-hybridized carbons (Fsp3) is 0.606. The maximum Gasteiger partial charge on any atom is 0.412 e. The monoisotopic (exact) mass is 563 g/mol. The van der Waals surface area contributed by atoms with Gasteiger partial charge in [0.1, 0.15) is 17.7 Å². The molecule has 1 amide bonds. The Morgan fingerprint density at radius 3 is 2.66 bits per heavy atom. The van der Waals surface area contributed by atoms with Crippen LogP contribution < -0.4 is 10.1 Å². The molecule has 1 fully saturated rings. The molecule has 1 saturated carbocycles. The van der Waals surface area contributed by atoms with Crippen LogP contribution in [0.25, 0.3) is 16.8 Å². The Morgan fingerprint density at radius 1 is 1.17 bits per heavy atom. The predicted octanol–water partition coefficient (Wildman–Crippen LogP) is 7.85. The van der Waals surface area contributed by atoms with Gasteiger partial charge in [0.15, 0.2) is 0 Å². The Balaban J connectivity index is 1.51. The topological polar surface area (TPSA) is 81.0 Å². The van der Waals surface area contributed by atoms with E-state index in [2.05, 4.69) is 40.5 Å². The molecule has 3 aromatic rings. The number of amides is 1. The average Bonchev–Trinajstić information content (AvgIpc) is 3.35. The summed E-state index contributed by atoms with van der Waals surface area (Å²) in [7, 11) is 3.85. The highest BCUT2D eigenvalue weighted by Gasteiger charge is 2.27. The number of rotatable bonds is 13. The predicted molar refractivity (Wildman–Crippen MR) is 166 cm³/mol. The van der Waals surface area contributed by atoms with Crippen molar-refractivity contribution in [1.29, 1.82) is 0 Å². The minimum absolute atomic E-state index is 0.140. The summed E-state index contributed by atoms with van der Waals surface area (Å²) in [5.74, 6) is 2.93. The number of anilines is 1. The number of ether oxygens (including phenoxy) is 2. The number of imidazole rings is 1. The largest absolute Gasteiger partial charge is 0.495 e. The number of hydrogen-bond acceptors (Lipinski definition) is 6. The Morgan fingerprint density at radius 2 is 1.95 bits per heavy atom. The normalized spacial score (nSPS) is 18.0. The zero-order chi connectivity index (χ0) is 29.4. The molecule has 2 heterocycles. The molecule has 224 valence electrons. The first kappa shape index (κ1) is 30.8. The van der Waals surface area contributed by atoms with Gasteiger partial charge in [-0.15, -0.1) is 0 Å². The van der Waals surface area contributed by atoms with Crippen molar-refractivity contribution >= 4 is 17.3 Å². The van der Waals surface area contributed by atoms with E-state index in [4.69, 9.17) is 14.5 Å². The molecule has 1 aliphatic carbocycles. The van der Waals surface area contributed by atoms with E-state index in [-0.39, 0.29) is 6.10 Å². The molecule has 1 unspecified atom stereocenters. The van der Waals surface area contributed by atoms with Gasteiger partial charge >= 0.3 is 6.09 Å². The second kappa shape index (κ2) is 14.7. The lowest BCUT2D eigenvalue weighted by molar-refractivity contribution is 0.115. The van der Waals surface area contributed by atoms with Gasteiger partial charge in [-0.05, 0) is 103 Å². The van der Waals surface area contributed by atoms with E-state index in [0.717, 1.165) is 47.1 Å². The molecular formula is C33H49N5O3. The van der Waals surface area contributed by atoms with E-state index in [1.165, 1.54) is 58.0 Å². The van der Waals surface area contributed by atoms with Gasteiger partial charge in [0, 0.05) is 23.9 Å². The summed E-state index contributed by atoms with van der Waals surface area (Å²) in [5, 5.41) is 2.84. The highest BCUT2D eigenvalue weighted by molar-refractivity contribution is 5.89. The molecule has 1 aliphatic rings. The van der Waals surface area contributed by atoms with Crippen LogP contribution in [0.1, 0.15) is 96.0 Å². The molecule has 4 rings (SSSR count). The number of carbonyl (C=O) groups is 1. The van der Waals surface area contributed by atoms with Crippen LogP contribution in [0.3, 0.4) is 0 Å². The Bertz CT molecular complexity index is 1280. The number of aromatic nitrogens is 3. The lowest BCUT2D eigenvalue weighted by atomic mass is 9.79. The van der Waals surface area contributed by atoms with Crippen molar-refractivity contribution in [3.8, 4) is 17.0 Å². The SMILES string of the molecule is CCCC(C)OC(=O)Nc1ccc(-c2nc(C3CCC(CCCN(C)CCC)CC3)n3ccnc(C)c23)cc1OC. The fourth-order valence-electron chi connectivity index (χ4n) is 6.29. The van der Waals surface area contributed by atoms with Crippen molar-refractivity contribution < 1.29 is 14.3 Å². The lowest BCUT2D eigenvalue weighted by Gasteiger charge is -2.28. The minimum Gasteiger partial charge on any atom is -0.495 e. The van der Waals surface area contributed by atoms with Crippen LogP contribution in [0.15, 0.2) is 30.6 Å². The first-order chi connectivity index (χ1) is 19.8. The summed E-state index contributed by atoms with van der Waals surface area (Å²) in [6, 6.07) is 5.79. The zero-order valence-corrected chi connectivity index (χ0v) is 25.9. The van der Waals surface area contributed by atoms with E-state index in [0.29, 0.717) is 17.4 Å². The van der Waals surface area contributed by atoms with Crippen molar-refractivity contribution in [3.63, 3.8) is 0 Å². The Labute approximate surface area is 245 Å². The summed E-state index contributed by atoms with van der Waals surface area (Å²) in [6.07, 6.45) is 13.8. The third-order valence-electron chi connectivity index (χ3n) is 8.45. The van der Waals surface area contributed by atoms with E-state index in [9.17, 15) is 4.79 Å². The van der Waals surface area contributed by atoms with E-state index in [1.807, 2.05) is 44.4 Å². The molecule has 1 aromatic carbocycles. The zero-order valence-electron chi connectivity index (χ0n) is 25.9. The second-order valence-corrected chi connectivity index (χ2v) is 11.8. The van der Waals surface area contributed by atoms with Crippen LogP contribution in [0.4, 0.5) is 10.5 Å². The van der Waals surface area contributed by atoms with Crippen LogP contribution in [-0.2, 0) is 4.74 Å². The van der Waals surface area contributed by atoms with E-state index >= 15 is 0 Å². The van der Waals surface area contributed by atoms with Crippen LogP contribution >= 0.6 is 0 Å². The first-order valence-electron chi connectivity index (χ1n) is 15.5. The molecule has 0 aliphatic heterocycles. The number of carbonyl (C=O) groups excluding carboxylic acids is 1. The second-order valence-electron chi connectivity index (χ2n) is 11.8. The number of aryl methyl sites for hydroxylation is 1. The Hall–Kier alpha value is -3.13. The summed E-state index contributed by atoms with van der Waals surface area (Å²) in [6.45, 7) is 10.6. The van der Waals surface area contributed by atoms with Gasteiger partial charge in [-0.1, -0.05) is 26.3 Å². The van der Waals surface area contributed by atoms with Crippen LogP contribution in [-0.4, -0.2) is 58.7 Å². The minimum atomic E-state index is -0.477. The van der Waals surface area contributed by atoms with E-state index < -0.39 is 6.09 Å². The first-order valence-corrected chi connectivity index (χ1v) is 15.5. The van der Waals surface area contributed by atoms with Crippen molar-refractivity contribution in [3.05, 3.63) is 42.1 Å². The molecule has 1 atom stereocenters. The fourth-order valence-corrected chi connectivity index (χ4v) is 6.29. The number of fused-ring (bicyclic) bond motifs is 1. The number of benzene rings is 1. The van der Waals surface area contributed by atoms with Crippen molar-refractivity contribution in [2.45, 2.75) is 97.5 Å². The van der Waals surface area contributed by atoms with Gasteiger partial charge in [0.25, 0.3) is 0 Å². The summed E-state index contributed by atoms with van der Waals surface area (Å²) in [4.78, 5) is 24.7. The molecule has 8 nitrogen and oxygen atoms in total. The number of nitrogens with zero attached hydrogens (tertiary/aromatic N) is 4. The summed E-state index contributed by atoms with van der Waals surface area (Å²) in [5.41, 5.74) is 4.38. The number of hydrogen-bond donors (Lipinski definition) is 1. The molecule has 0 saturated heterocycles. The van der Waals surface area contributed by atoms with Gasteiger partial charge in [0.2, 0.25) is 0 Å². The highest BCUT2D eigenvalue weighted by atomic mass is 16.6. The van der Waals surface area contributed by atoms with Gasteiger partial charge in [-0.25, -0.2) is 9.78 Å². The standard InChI is InChI=1S/C33H49N5O3/c1-7-10-23(3)41-33(39)35-28-17-16-27(22-29(28)40-6)30-31-24(4)34-18-21-38(31)32(36-30)26-14-12-25(13-15-26)11-9-20-37(5)19-8-2/h16-18,21-23,25-26H,7-15,19-20H2,1-6H3,(H,35,39). The molecule has 0 radical (unpaired) electrons. The summed E-state index contributed by atoms with van der Waals surface area (Å²) < 4.78 is 13.4. The van der Waals surface area contributed by atoms with Gasteiger partial charge in [0.05, 0.1) is 29.7 Å². The van der Waals surface area contributed by atoms with Gasteiger partial charge in [-0.3, -0.25) is 14.7 Å². The maximum atomic E-state index is 12.4. The Kier molecular flexibility index (Phi) is 11.0. The van der Waals surface area contributed by atoms with Crippen molar-refractivity contribution in [1.82, 2.24) is 19.3 Å². The molecule has 1 N–H and O–H groups in total. The van der Waals surface area contributed by atoms with Crippen LogP contribution in [0.2, 0.25) is 0 Å². The smallest absolute Gasteiger partial charge is 0.412 e. The number of nitrogens with one attached hydrogen (secondary N) is 1. The lowest BCUT2D eigenvalue weighted by Crippen LogP contribution is -2.22. The number of methoxy groups -OCH3 is 1. The third kappa shape index (κ3) is 7.79. The van der Waals surface area contributed by atoms with Gasteiger partial charge < -0.3 is 14.4 Å². The molecule has 41 heavy (non-hydrogen) atoms. The molecule has 8 heteroatoms. The average molecular weight is 564 g/mol. The van der Waals surface area contributed by atoms with E-state index in [1.54, 1.807) is 7.11 Å². The molecule has 2 aromatic heterocycles. The quantitative estimate of drug-likeness (QED) is 0.228. The van der Waals surface area contributed by atoms with Gasteiger partial charge in [-0.2, -0.15) is 0 Å². The van der Waals surface area contributed by atoms with Crippen LogP contribution in [0.5, 0.6) is 5.75 Å².